The van der Waals surface area contributed by atoms with Crippen LogP contribution in [-0.2, 0) is 47.4 Å². The molecule has 0 radical (unpaired) electrons. The van der Waals surface area contributed by atoms with Crippen LogP contribution in [0.3, 0.4) is 0 Å². The fraction of sp³-hybridized carbons (Fsp3) is 0.885. The first-order valence-electron chi connectivity index (χ1n) is 13.2. The third-order valence-electron chi connectivity index (χ3n) is 4.59. The van der Waals surface area contributed by atoms with E-state index in [9.17, 15) is 4.79 Å². The summed E-state index contributed by atoms with van der Waals surface area (Å²) in [6, 6.07) is 0. The lowest BCUT2D eigenvalue weighted by molar-refractivity contribution is -0.140. The normalized spacial score (nSPS) is 11.2. The molecule has 220 valence electrons. The maximum atomic E-state index is 11.2. The first-order valence-corrected chi connectivity index (χ1v) is 13.7. The lowest BCUT2D eigenvalue weighted by Gasteiger charge is -2.09. The van der Waals surface area contributed by atoms with E-state index < -0.39 is 5.97 Å². The highest BCUT2D eigenvalue weighted by molar-refractivity contribution is 6.17. The number of unbranched alkanes of at least 4 members (excludes halogenated alkanes) is 3. The van der Waals surface area contributed by atoms with Gasteiger partial charge in [-0.15, -0.1) is 11.6 Å². The summed E-state index contributed by atoms with van der Waals surface area (Å²) in [6.45, 7) is 13.6. The van der Waals surface area contributed by atoms with Crippen molar-refractivity contribution in [2.45, 2.75) is 32.6 Å². The topological polar surface area (TPSA) is 100 Å². The van der Waals surface area contributed by atoms with Crippen LogP contribution in [-0.4, -0.2) is 124 Å². The first-order chi connectivity index (χ1) is 18.2. The maximum absolute atomic E-state index is 11.2. The van der Waals surface area contributed by atoms with Crippen LogP contribution in [0.5, 0.6) is 0 Å². The minimum atomic E-state index is -0.408. The minimum absolute atomic E-state index is 0.205. The van der Waals surface area contributed by atoms with E-state index >= 15 is 0 Å². The van der Waals surface area contributed by atoms with Gasteiger partial charge in [-0.05, 0) is 19.8 Å². The molecule has 0 spiro atoms. The molecule has 0 rings (SSSR count). The number of halogens is 1. The number of carbonyl (C=O) groups is 1. The molecule has 0 aliphatic carbocycles. The molecule has 11 heteroatoms. The molecule has 0 fully saturated rings. The van der Waals surface area contributed by atoms with E-state index in [-0.39, 0.29) is 6.61 Å². The van der Waals surface area contributed by atoms with Gasteiger partial charge in [-0.3, -0.25) is 0 Å². The lowest BCUT2D eigenvalue weighted by atomic mass is 10.2. The third-order valence-corrected chi connectivity index (χ3v) is 4.85. The second-order valence-electron chi connectivity index (χ2n) is 7.92. The Morgan fingerprint density at radius 3 is 1.11 bits per heavy atom. The number of alkyl halides is 1. The maximum Gasteiger partial charge on any atom is 0.333 e. The van der Waals surface area contributed by atoms with Crippen LogP contribution in [0.1, 0.15) is 32.6 Å². The highest BCUT2D eigenvalue weighted by Crippen LogP contribution is 2.01. The van der Waals surface area contributed by atoms with Gasteiger partial charge in [0, 0.05) is 18.1 Å². The molecule has 37 heavy (non-hydrogen) atoms. The summed E-state index contributed by atoms with van der Waals surface area (Å²) < 4.78 is 48.3. The van der Waals surface area contributed by atoms with Gasteiger partial charge < -0.3 is 42.6 Å². The second kappa shape index (κ2) is 31.4. The Labute approximate surface area is 228 Å². The molecule has 0 bridgehead atoms. The third kappa shape index (κ3) is 31.3. The molecular weight excluding hydrogens is 508 g/mol. The van der Waals surface area contributed by atoms with Gasteiger partial charge in [-0.25, -0.2) is 4.79 Å². The summed E-state index contributed by atoms with van der Waals surface area (Å²) in [7, 11) is 0. The number of carbonyl (C=O) groups excluding carboxylic acids is 1. The zero-order valence-electron chi connectivity index (χ0n) is 22.7. The largest absolute Gasteiger partial charge is 0.460 e. The van der Waals surface area contributed by atoms with Crippen molar-refractivity contribution in [3.63, 3.8) is 0 Å². The fourth-order valence-corrected chi connectivity index (χ4v) is 2.80. The number of esters is 1. The van der Waals surface area contributed by atoms with Gasteiger partial charge in [0.2, 0.25) is 0 Å². The molecule has 0 N–H and O–H groups in total. The van der Waals surface area contributed by atoms with Crippen LogP contribution in [0.25, 0.3) is 0 Å². The van der Waals surface area contributed by atoms with Gasteiger partial charge in [0.1, 0.15) is 6.61 Å². The van der Waals surface area contributed by atoms with Crippen LogP contribution in [0, 0.1) is 0 Å². The zero-order valence-corrected chi connectivity index (χ0v) is 23.5. The Bertz CT molecular complexity index is 496. The van der Waals surface area contributed by atoms with Crippen LogP contribution in [0.15, 0.2) is 12.2 Å². The number of rotatable bonds is 31. The summed E-state index contributed by atoms with van der Waals surface area (Å²) in [5.74, 6) is 0.334. The molecule has 0 aromatic heterocycles. The molecule has 0 aliphatic rings. The fourth-order valence-electron chi connectivity index (χ4n) is 2.61. The van der Waals surface area contributed by atoms with E-state index in [2.05, 4.69) is 6.58 Å². The highest BCUT2D eigenvalue weighted by Gasteiger charge is 2.01. The van der Waals surface area contributed by atoms with Crippen molar-refractivity contribution in [3.8, 4) is 0 Å². The predicted molar refractivity (Wildman–Crippen MR) is 142 cm³/mol. The molecule has 0 unspecified atom stereocenters. The van der Waals surface area contributed by atoms with E-state index in [1.165, 1.54) is 12.8 Å². The van der Waals surface area contributed by atoms with Crippen molar-refractivity contribution in [1.82, 2.24) is 0 Å². The average Bonchev–Trinajstić information content (AvgIpc) is 2.89. The Kier molecular flexibility index (Phi) is 30.7. The van der Waals surface area contributed by atoms with E-state index in [1.807, 2.05) is 0 Å². The van der Waals surface area contributed by atoms with Gasteiger partial charge in [-0.1, -0.05) is 19.4 Å². The van der Waals surface area contributed by atoms with E-state index in [0.717, 1.165) is 25.3 Å². The SMILES string of the molecule is C=C(C)C(=O)OCCOCCOCCOCCOCCOCCOCCOCCOCCCCCCCl. The molecule has 0 amide bonds. The Balaban J connectivity index is 3.05. The summed E-state index contributed by atoms with van der Waals surface area (Å²) in [6.07, 6.45) is 4.49. The van der Waals surface area contributed by atoms with E-state index in [4.69, 9.17) is 54.2 Å². The molecule has 0 heterocycles. The van der Waals surface area contributed by atoms with Crippen LogP contribution in [0.4, 0.5) is 0 Å². The number of hydrogen-bond donors (Lipinski definition) is 0. The standard InChI is InChI=1S/C26H49ClO10/c1-25(2)26(28)37-24-23-36-22-21-35-20-19-34-18-17-33-16-15-32-14-13-31-12-11-30-10-9-29-8-6-4-3-5-7-27/h1,3-24H2,2H3. The van der Waals surface area contributed by atoms with Crippen molar-refractivity contribution in [1.29, 1.82) is 0 Å². The summed E-state index contributed by atoms with van der Waals surface area (Å²) >= 11 is 5.64. The van der Waals surface area contributed by atoms with Crippen molar-refractivity contribution in [3.05, 3.63) is 12.2 Å². The zero-order chi connectivity index (χ0) is 27.1. The van der Waals surface area contributed by atoms with Crippen molar-refractivity contribution in [2.24, 2.45) is 0 Å². The first kappa shape index (κ1) is 36.2. The number of hydrogen-bond acceptors (Lipinski definition) is 10. The Morgan fingerprint density at radius 1 is 0.486 bits per heavy atom. The van der Waals surface area contributed by atoms with E-state index in [1.54, 1.807) is 6.92 Å². The molecule has 0 atom stereocenters. The van der Waals surface area contributed by atoms with Gasteiger partial charge in [0.15, 0.2) is 0 Å². The summed E-state index contributed by atoms with van der Waals surface area (Å²) in [5.41, 5.74) is 0.374. The summed E-state index contributed by atoms with van der Waals surface area (Å²) in [5, 5.41) is 0. The minimum Gasteiger partial charge on any atom is -0.460 e. The Morgan fingerprint density at radius 2 is 0.784 bits per heavy atom. The van der Waals surface area contributed by atoms with Crippen LogP contribution < -0.4 is 0 Å². The van der Waals surface area contributed by atoms with Crippen molar-refractivity contribution < 1.29 is 47.4 Å². The monoisotopic (exact) mass is 556 g/mol. The summed E-state index contributed by atoms with van der Waals surface area (Å²) in [4.78, 5) is 11.2. The van der Waals surface area contributed by atoms with Crippen LogP contribution >= 0.6 is 11.6 Å². The average molecular weight is 557 g/mol. The van der Waals surface area contributed by atoms with Crippen molar-refractivity contribution in [2.75, 3.05) is 118 Å². The van der Waals surface area contributed by atoms with Crippen molar-refractivity contribution >= 4 is 17.6 Å². The molecule has 0 saturated carbocycles. The number of ether oxygens (including phenoxy) is 9. The van der Waals surface area contributed by atoms with Gasteiger partial charge >= 0.3 is 5.97 Å². The molecule has 0 aliphatic heterocycles. The predicted octanol–water partition coefficient (Wildman–Crippen LogP) is 3.04. The molecule has 0 aromatic carbocycles. The van der Waals surface area contributed by atoms with Gasteiger partial charge in [0.05, 0.1) is 99.1 Å². The molecule has 0 aromatic rings. The second-order valence-corrected chi connectivity index (χ2v) is 8.30. The van der Waals surface area contributed by atoms with E-state index in [0.29, 0.717) is 105 Å². The quantitative estimate of drug-likeness (QED) is 0.0548. The molecule has 0 saturated heterocycles. The van der Waals surface area contributed by atoms with Gasteiger partial charge in [-0.2, -0.15) is 0 Å². The van der Waals surface area contributed by atoms with Gasteiger partial charge in [0.25, 0.3) is 0 Å². The van der Waals surface area contributed by atoms with Crippen LogP contribution in [0.2, 0.25) is 0 Å². The highest BCUT2D eigenvalue weighted by atomic mass is 35.5. The smallest absolute Gasteiger partial charge is 0.333 e. The lowest BCUT2D eigenvalue weighted by Crippen LogP contribution is -2.15. The molecule has 10 nitrogen and oxygen atoms in total. The molecular formula is C26H49ClO10. The Hall–Kier alpha value is -0.820.